The van der Waals surface area contributed by atoms with Crippen LogP contribution in [0.2, 0.25) is 0 Å². The maximum absolute atomic E-state index is 4.38. The summed E-state index contributed by atoms with van der Waals surface area (Å²) in [5.41, 5.74) is 3.94. The Balaban J connectivity index is 1.87. The molecule has 0 saturated heterocycles. The molecule has 0 aliphatic heterocycles. The monoisotopic (exact) mass is 207 g/mol. The van der Waals surface area contributed by atoms with E-state index in [2.05, 4.69) is 47.5 Å². The standard InChI is InChI=1S/C15H13N/c1-2-7-15-12(5-1)8-9-13(15)11-14-6-3-4-10-16-14/h1-10,13H,11H2. The van der Waals surface area contributed by atoms with Gasteiger partial charge in [0.05, 0.1) is 0 Å². The lowest BCUT2D eigenvalue weighted by molar-refractivity contribution is 0.822. The van der Waals surface area contributed by atoms with Crippen molar-refractivity contribution in [3.8, 4) is 0 Å². The predicted molar refractivity (Wildman–Crippen MR) is 66.2 cm³/mol. The number of fused-ring (bicyclic) bond motifs is 1. The molecule has 1 aromatic carbocycles. The largest absolute Gasteiger partial charge is 0.261 e. The molecule has 0 N–H and O–H groups in total. The molecule has 1 aromatic heterocycles. The van der Waals surface area contributed by atoms with Crippen LogP contribution >= 0.6 is 0 Å². The summed E-state index contributed by atoms with van der Waals surface area (Å²) in [7, 11) is 0. The predicted octanol–water partition coefficient (Wildman–Crippen LogP) is 3.43. The van der Waals surface area contributed by atoms with Crippen molar-refractivity contribution in [2.24, 2.45) is 0 Å². The van der Waals surface area contributed by atoms with Gasteiger partial charge in [-0.05, 0) is 23.3 Å². The van der Waals surface area contributed by atoms with E-state index in [1.807, 2.05) is 18.3 Å². The Kier molecular flexibility index (Phi) is 2.30. The van der Waals surface area contributed by atoms with E-state index >= 15 is 0 Å². The first-order chi connectivity index (χ1) is 7.93. The molecule has 78 valence electrons. The molecule has 0 radical (unpaired) electrons. The lowest BCUT2D eigenvalue weighted by atomic mass is 9.96. The highest BCUT2D eigenvalue weighted by Crippen LogP contribution is 2.31. The molecule has 1 unspecified atom stereocenters. The number of allylic oxidation sites excluding steroid dienone is 1. The smallest absolute Gasteiger partial charge is 0.0412 e. The number of hydrogen-bond donors (Lipinski definition) is 0. The van der Waals surface area contributed by atoms with Gasteiger partial charge < -0.3 is 0 Å². The average molecular weight is 207 g/mol. The fourth-order valence-corrected chi connectivity index (χ4v) is 2.25. The fraction of sp³-hybridized carbons (Fsp3) is 0.133. The Labute approximate surface area is 95.5 Å². The van der Waals surface area contributed by atoms with Gasteiger partial charge in [0.25, 0.3) is 0 Å². The van der Waals surface area contributed by atoms with Crippen LogP contribution in [0.3, 0.4) is 0 Å². The second kappa shape index (κ2) is 3.93. The molecule has 2 aromatic rings. The number of rotatable bonds is 2. The lowest BCUT2D eigenvalue weighted by Gasteiger charge is -2.09. The SMILES string of the molecule is C1=CC(Cc2ccccn2)c2ccccc21. The van der Waals surface area contributed by atoms with Crippen molar-refractivity contribution in [3.63, 3.8) is 0 Å². The van der Waals surface area contributed by atoms with Crippen LogP contribution in [0.15, 0.2) is 54.7 Å². The number of hydrogen-bond acceptors (Lipinski definition) is 1. The first-order valence-corrected chi connectivity index (χ1v) is 5.60. The van der Waals surface area contributed by atoms with E-state index in [1.165, 1.54) is 11.1 Å². The zero-order chi connectivity index (χ0) is 10.8. The van der Waals surface area contributed by atoms with Gasteiger partial charge in [0.1, 0.15) is 0 Å². The minimum atomic E-state index is 0.492. The number of nitrogens with zero attached hydrogens (tertiary/aromatic N) is 1. The van der Waals surface area contributed by atoms with E-state index in [9.17, 15) is 0 Å². The van der Waals surface area contributed by atoms with Crippen molar-refractivity contribution in [1.82, 2.24) is 4.98 Å². The van der Waals surface area contributed by atoms with Gasteiger partial charge in [0, 0.05) is 24.2 Å². The summed E-state index contributed by atoms with van der Waals surface area (Å²) in [5.74, 6) is 0.492. The molecular formula is C15H13N. The van der Waals surface area contributed by atoms with E-state index in [0.717, 1.165) is 12.1 Å². The van der Waals surface area contributed by atoms with Gasteiger partial charge in [-0.25, -0.2) is 0 Å². The van der Waals surface area contributed by atoms with Crippen LogP contribution in [0.4, 0.5) is 0 Å². The van der Waals surface area contributed by atoms with Crippen molar-refractivity contribution >= 4 is 6.08 Å². The van der Waals surface area contributed by atoms with E-state index in [0.29, 0.717) is 5.92 Å². The zero-order valence-corrected chi connectivity index (χ0v) is 9.01. The summed E-state index contributed by atoms with van der Waals surface area (Å²) in [5, 5.41) is 0. The summed E-state index contributed by atoms with van der Waals surface area (Å²) in [6.45, 7) is 0. The normalized spacial score (nSPS) is 17.4. The van der Waals surface area contributed by atoms with Crippen LogP contribution in [0, 0.1) is 0 Å². The molecule has 0 fully saturated rings. The Morgan fingerprint density at radius 2 is 1.88 bits per heavy atom. The summed E-state index contributed by atoms with van der Waals surface area (Å²) in [6, 6.07) is 14.7. The van der Waals surface area contributed by atoms with Gasteiger partial charge in [-0.1, -0.05) is 42.5 Å². The van der Waals surface area contributed by atoms with Gasteiger partial charge in [0.15, 0.2) is 0 Å². The molecular weight excluding hydrogens is 194 g/mol. The Bertz CT molecular complexity index is 514. The zero-order valence-electron chi connectivity index (χ0n) is 9.01. The van der Waals surface area contributed by atoms with Crippen LogP contribution < -0.4 is 0 Å². The van der Waals surface area contributed by atoms with E-state index in [-0.39, 0.29) is 0 Å². The topological polar surface area (TPSA) is 12.9 Å². The highest BCUT2D eigenvalue weighted by atomic mass is 14.7. The van der Waals surface area contributed by atoms with Gasteiger partial charge >= 0.3 is 0 Å². The Morgan fingerprint density at radius 3 is 2.75 bits per heavy atom. The Hall–Kier alpha value is -1.89. The summed E-state index contributed by atoms with van der Waals surface area (Å²) >= 11 is 0. The lowest BCUT2D eigenvalue weighted by Crippen LogP contribution is -1.99. The molecule has 3 rings (SSSR count). The molecule has 0 bridgehead atoms. The summed E-state index contributed by atoms with van der Waals surface area (Å²) < 4.78 is 0. The van der Waals surface area contributed by atoms with Crippen LogP contribution in [0.5, 0.6) is 0 Å². The highest BCUT2D eigenvalue weighted by Gasteiger charge is 2.16. The molecule has 0 saturated carbocycles. The number of benzene rings is 1. The van der Waals surface area contributed by atoms with E-state index < -0.39 is 0 Å². The first-order valence-electron chi connectivity index (χ1n) is 5.60. The third kappa shape index (κ3) is 1.65. The molecule has 1 aliphatic carbocycles. The first kappa shape index (κ1) is 9.34. The molecule has 1 atom stereocenters. The van der Waals surface area contributed by atoms with Crippen molar-refractivity contribution in [2.45, 2.75) is 12.3 Å². The van der Waals surface area contributed by atoms with Crippen molar-refractivity contribution in [1.29, 1.82) is 0 Å². The second-order valence-electron chi connectivity index (χ2n) is 4.12. The summed E-state index contributed by atoms with van der Waals surface area (Å²) in [4.78, 5) is 4.38. The average Bonchev–Trinajstić information content (AvgIpc) is 2.74. The molecule has 1 nitrogen and oxygen atoms in total. The maximum atomic E-state index is 4.38. The highest BCUT2D eigenvalue weighted by molar-refractivity contribution is 5.62. The quantitative estimate of drug-likeness (QED) is 0.735. The minimum absolute atomic E-state index is 0.492. The molecule has 0 spiro atoms. The fourth-order valence-electron chi connectivity index (χ4n) is 2.25. The van der Waals surface area contributed by atoms with Crippen molar-refractivity contribution < 1.29 is 0 Å². The number of pyridine rings is 1. The summed E-state index contributed by atoms with van der Waals surface area (Å²) in [6.07, 6.45) is 7.34. The van der Waals surface area contributed by atoms with Crippen LogP contribution in [-0.2, 0) is 6.42 Å². The minimum Gasteiger partial charge on any atom is -0.261 e. The van der Waals surface area contributed by atoms with E-state index in [4.69, 9.17) is 0 Å². The van der Waals surface area contributed by atoms with Gasteiger partial charge in [-0.3, -0.25) is 4.98 Å². The maximum Gasteiger partial charge on any atom is 0.0412 e. The van der Waals surface area contributed by atoms with Crippen LogP contribution in [0.25, 0.3) is 6.08 Å². The van der Waals surface area contributed by atoms with Gasteiger partial charge in [0.2, 0.25) is 0 Å². The van der Waals surface area contributed by atoms with Gasteiger partial charge in [-0.2, -0.15) is 0 Å². The van der Waals surface area contributed by atoms with Crippen molar-refractivity contribution in [3.05, 3.63) is 71.6 Å². The van der Waals surface area contributed by atoms with Crippen LogP contribution in [0.1, 0.15) is 22.7 Å². The second-order valence-corrected chi connectivity index (χ2v) is 4.12. The third-order valence-electron chi connectivity index (χ3n) is 3.06. The van der Waals surface area contributed by atoms with Crippen LogP contribution in [-0.4, -0.2) is 4.98 Å². The molecule has 1 heteroatoms. The van der Waals surface area contributed by atoms with E-state index in [1.54, 1.807) is 0 Å². The molecule has 16 heavy (non-hydrogen) atoms. The third-order valence-corrected chi connectivity index (χ3v) is 3.06. The van der Waals surface area contributed by atoms with Gasteiger partial charge in [-0.15, -0.1) is 0 Å². The molecule has 0 amide bonds. The number of aromatic nitrogens is 1. The Morgan fingerprint density at radius 1 is 1.00 bits per heavy atom. The van der Waals surface area contributed by atoms with Crippen molar-refractivity contribution in [2.75, 3.05) is 0 Å². The molecule has 1 aliphatic rings. The molecule has 1 heterocycles.